The van der Waals surface area contributed by atoms with Crippen LogP contribution in [-0.4, -0.2) is 19.9 Å². The third-order valence-corrected chi connectivity index (χ3v) is 7.48. The second kappa shape index (κ2) is 10.9. The Balaban J connectivity index is 1.82. The number of nitrogens with zero attached hydrogens (tertiary/aromatic N) is 2. The third-order valence-electron chi connectivity index (χ3n) is 7.48. The maximum absolute atomic E-state index is 5.17. The summed E-state index contributed by atoms with van der Waals surface area (Å²) in [5.74, 6) is 0.472. The summed E-state index contributed by atoms with van der Waals surface area (Å²) in [6.07, 6.45) is 12.1. The Kier molecular flexibility index (Phi) is 7.41. The molecule has 5 rings (SSSR count). The van der Waals surface area contributed by atoms with Crippen LogP contribution >= 0.6 is 0 Å². The third kappa shape index (κ3) is 4.91. The van der Waals surface area contributed by atoms with Gasteiger partial charge in [0.25, 0.3) is 0 Å². The van der Waals surface area contributed by atoms with E-state index in [9.17, 15) is 0 Å². The van der Waals surface area contributed by atoms with Gasteiger partial charge in [-0.1, -0.05) is 53.4 Å². The number of H-pyrrole nitrogens is 2. The number of nitrogens with one attached hydrogen (secondary N) is 2. The largest absolute Gasteiger partial charge is 0.354 e. The quantitative estimate of drug-likeness (QED) is 0.339. The van der Waals surface area contributed by atoms with Crippen LogP contribution in [0.3, 0.4) is 0 Å². The van der Waals surface area contributed by atoms with E-state index in [-0.39, 0.29) is 0 Å². The predicted octanol–water partition coefficient (Wildman–Crippen LogP) is 8.69. The summed E-state index contributed by atoms with van der Waals surface area (Å²) >= 11 is 0. The van der Waals surface area contributed by atoms with Crippen molar-refractivity contribution in [3.63, 3.8) is 0 Å². The second-order valence-corrected chi connectivity index (χ2v) is 10.4. The molecule has 36 heavy (non-hydrogen) atoms. The fraction of sp³-hybridized carbons (Fsp3) is 0.438. The first kappa shape index (κ1) is 24.5. The van der Waals surface area contributed by atoms with Crippen molar-refractivity contribution in [2.24, 2.45) is 0 Å². The number of hydrogen-bond acceptors (Lipinski definition) is 2. The minimum absolute atomic E-state index is 0.472. The summed E-state index contributed by atoms with van der Waals surface area (Å²) in [5.41, 5.74) is 13.3. The summed E-state index contributed by atoms with van der Waals surface area (Å²) in [6.45, 7) is 9.01. The van der Waals surface area contributed by atoms with Crippen molar-refractivity contribution < 1.29 is 0 Å². The first-order valence-electron chi connectivity index (χ1n) is 14.0. The maximum atomic E-state index is 5.17. The molecule has 4 heteroatoms. The van der Waals surface area contributed by atoms with E-state index in [2.05, 4.69) is 80.1 Å². The molecule has 0 saturated carbocycles. The highest BCUT2D eigenvalue weighted by Crippen LogP contribution is 2.32. The zero-order chi connectivity index (χ0) is 25.1. The van der Waals surface area contributed by atoms with Gasteiger partial charge in [0.15, 0.2) is 0 Å². The van der Waals surface area contributed by atoms with E-state index in [4.69, 9.17) is 9.97 Å². The Morgan fingerprint density at radius 3 is 2.06 bits per heavy atom. The fourth-order valence-electron chi connectivity index (χ4n) is 5.70. The number of allylic oxidation sites excluding steroid dienone is 1. The molecule has 188 valence electrons. The van der Waals surface area contributed by atoms with Gasteiger partial charge in [0.2, 0.25) is 0 Å². The number of aromatic amines is 2. The zero-order valence-corrected chi connectivity index (χ0v) is 22.4. The number of aromatic nitrogens is 4. The van der Waals surface area contributed by atoms with Crippen molar-refractivity contribution in [3.8, 4) is 0 Å². The summed E-state index contributed by atoms with van der Waals surface area (Å²) in [7, 11) is 0. The van der Waals surface area contributed by atoms with Crippen LogP contribution in [0.15, 0.2) is 36.4 Å². The van der Waals surface area contributed by atoms with E-state index in [0.29, 0.717) is 5.92 Å². The van der Waals surface area contributed by atoms with Crippen LogP contribution in [0.25, 0.3) is 33.7 Å². The van der Waals surface area contributed by atoms with E-state index >= 15 is 0 Å². The Hall–Kier alpha value is -3.14. The topological polar surface area (TPSA) is 57.4 Å². The second-order valence-electron chi connectivity index (χ2n) is 10.4. The highest BCUT2D eigenvalue weighted by molar-refractivity contribution is 5.88. The van der Waals surface area contributed by atoms with Crippen LogP contribution in [0, 0.1) is 0 Å². The lowest BCUT2D eigenvalue weighted by Gasteiger charge is -2.06. The molecular formula is C32H40N4. The standard InChI is InChI=1S/C32H40N4/c1-5-9-21-17-29-30-18-22(10-6-2)27(34-30)15-16-28-24(12-8-4)20-32(36-28)31-19-23(11-7-3)26(35-31)14-13-25(21)33-29/h13-19,24,33,35H,5-12,20H2,1-4H3/t24-/m0/s1. The van der Waals surface area contributed by atoms with Gasteiger partial charge in [-0.15, -0.1) is 0 Å². The summed E-state index contributed by atoms with van der Waals surface area (Å²) in [5, 5.41) is 0. The van der Waals surface area contributed by atoms with Crippen LogP contribution in [-0.2, 0) is 19.3 Å². The van der Waals surface area contributed by atoms with Crippen LogP contribution in [0.2, 0.25) is 0 Å². The molecule has 2 aliphatic rings. The highest BCUT2D eigenvalue weighted by atomic mass is 14.8. The Morgan fingerprint density at radius 2 is 1.39 bits per heavy atom. The minimum atomic E-state index is 0.472. The molecule has 8 bridgehead atoms. The molecule has 0 radical (unpaired) electrons. The van der Waals surface area contributed by atoms with Crippen LogP contribution in [0.1, 0.15) is 106 Å². The number of rotatable bonds is 8. The lowest BCUT2D eigenvalue weighted by Crippen LogP contribution is -1.95. The van der Waals surface area contributed by atoms with Crippen LogP contribution in [0.5, 0.6) is 0 Å². The lowest BCUT2D eigenvalue weighted by molar-refractivity contribution is 0.629. The van der Waals surface area contributed by atoms with Gasteiger partial charge in [-0.05, 0) is 84.9 Å². The van der Waals surface area contributed by atoms with Gasteiger partial charge in [-0.25, -0.2) is 4.98 Å². The van der Waals surface area contributed by atoms with Gasteiger partial charge in [0.1, 0.15) is 0 Å². The molecule has 2 aliphatic heterocycles. The SMILES string of the molecule is CCCC1=Cc2nc1ccc1nc(c3cc(CCC)c(ccc4[nH]c2cc4CCC)[nH]3)C[C@@H]1CCC. The smallest absolute Gasteiger partial charge is 0.0875 e. The summed E-state index contributed by atoms with van der Waals surface area (Å²) < 4.78 is 0. The van der Waals surface area contributed by atoms with E-state index in [1.807, 2.05) is 0 Å². The average molecular weight is 481 g/mol. The maximum Gasteiger partial charge on any atom is 0.0875 e. The van der Waals surface area contributed by atoms with Crippen molar-refractivity contribution in [1.82, 2.24) is 19.9 Å². The van der Waals surface area contributed by atoms with Crippen molar-refractivity contribution in [2.75, 3.05) is 0 Å². The van der Waals surface area contributed by atoms with Gasteiger partial charge >= 0.3 is 0 Å². The normalized spacial score (nSPS) is 15.3. The van der Waals surface area contributed by atoms with Gasteiger partial charge in [0, 0.05) is 29.1 Å². The molecule has 3 aromatic rings. The molecule has 1 atom stereocenters. The molecule has 4 nitrogen and oxygen atoms in total. The first-order valence-corrected chi connectivity index (χ1v) is 14.0. The van der Waals surface area contributed by atoms with E-state index in [1.165, 1.54) is 51.1 Å². The van der Waals surface area contributed by atoms with Crippen molar-refractivity contribution in [1.29, 1.82) is 0 Å². The van der Waals surface area contributed by atoms with Gasteiger partial charge in [-0.3, -0.25) is 4.98 Å². The van der Waals surface area contributed by atoms with E-state index in [0.717, 1.165) is 68.3 Å². The van der Waals surface area contributed by atoms with Crippen molar-refractivity contribution in [3.05, 3.63) is 70.3 Å². The Bertz CT molecular complexity index is 1420. The molecular weight excluding hydrogens is 440 g/mol. The van der Waals surface area contributed by atoms with Gasteiger partial charge in [-0.2, -0.15) is 0 Å². The number of aryl methyl sites for hydroxylation is 2. The van der Waals surface area contributed by atoms with E-state index in [1.54, 1.807) is 0 Å². The van der Waals surface area contributed by atoms with E-state index < -0.39 is 0 Å². The van der Waals surface area contributed by atoms with Crippen LogP contribution in [0.4, 0.5) is 0 Å². The molecule has 0 spiro atoms. The van der Waals surface area contributed by atoms with Crippen molar-refractivity contribution in [2.45, 2.75) is 91.4 Å². The minimum Gasteiger partial charge on any atom is -0.354 e. The van der Waals surface area contributed by atoms with Crippen LogP contribution < -0.4 is 0 Å². The van der Waals surface area contributed by atoms with Crippen molar-refractivity contribution >= 4 is 33.7 Å². The summed E-state index contributed by atoms with van der Waals surface area (Å²) in [4.78, 5) is 17.7. The molecule has 0 aliphatic carbocycles. The first-order chi connectivity index (χ1) is 17.6. The number of hydrogen-bond donors (Lipinski definition) is 2. The average Bonchev–Trinajstić information content (AvgIpc) is 3.63. The molecule has 5 heterocycles. The monoisotopic (exact) mass is 480 g/mol. The lowest BCUT2D eigenvalue weighted by atomic mass is 9.97. The Labute approximate surface area is 215 Å². The summed E-state index contributed by atoms with van der Waals surface area (Å²) in [6, 6.07) is 13.6. The van der Waals surface area contributed by atoms with Gasteiger partial charge < -0.3 is 9.97 Å². The number of fused-ring (bicyclic) bond motifs is 10. The fourth-order valence-corrected chi connectivity index (χ4v) is 5.70. The molecule has 0 saturated heterocycles. The predicted molar refractivity (Wildman–Crippen MR) is 153 cm³/mol. The Morgan fingerprint density at radius 1 is 0.722 bits per heavy atom. The molecule has 0 aromatic carbocycles. The molecule has 3 aromatic heterocycles. The zero-order valence-electron chi connectivity index (χ0n) is 22.4. The molecule has 0 amide bonds. The molecule has 2 N–H and O–H groups in total. The highest BCUT2D eigenvalue weighted by Gasteiger charge is 2.21. The molecule has 0 unspecified atom stereocenters. The van der Waals surface area contributed by atoms with Gasteiger partial charge in [0.05, 0.1) is 28.1 Å². The molecule has 0 fully saturated rings.